The van der Waals surface area contributed by atoms with Gasteiger partial charge in [-0.2, -0.15) is 0 Å². The molecule has 0 aromatic carbocycles. The van der Waals surface area contributed by atoms with E-state index in [4.69, 9.17) is 4.74 Å². The average molecular weight is 270 g/mol. The van der Waals surface area contributed by atoms with Crippen molar-refractivity contribution in [2.75, 3.05) is 6.61 Å². The predicted molar refractivity (Wildman–Crippen MR) is 64.1 cm³/mol. The molecule has 0 radical (unpaired) electrons. The van der Waals surface area contributed by atoms with Gasteiger partial charge in [0.1, 0.15) is 0 Å². The second-order valence-corrected chi connectivity index (χ2v) is 5.09. The van der Waals surface area contributed by atoms with Gasteiger partial charge in [0, 0.05) is 6.20 Å². The van der Waals surface area contributed by atoms with Crippen LogP contribution in [0.25, 0.3) is 0 Å². The van der Waals surface area contributed by atoms with Crippen molar-refractivity contribution < 1.29 is 4.74 Å². The lowest BCUT2D eigenvalue weighted by Crippen LogP contribution is -2.14. The Labute approximate surface area is 99.2 Å². The topological polar surface area (TPSA) is 22.1 Å². The van der Waals surface area contributed by atoms with Crippen molar-refractivity contribution >= 4 is 15.9 Å². The van der Waals surface area contributed by atoms with Crippen LogP contribution < -0.4 is 4.74 Å². The third-order valence-electron chi connectivity index (χ3n) is 2.93. The maximum Gasteiger partial charge on any atom is 0.227 e. The van der Waals surface area contributed by atoms with Crippen LogP contribution in [0.3, 0.4) is 0 Å². The highest BCUT2D eigenvalue weighted by atomic mass is 79.9. The molecule has 15 heavy (non-hydrogen) atoms. The molecular formula is C12H16BrNO. The summed E-state index contributed by atoms with van der Waals surface area (Å²) in [6.45, 7) is 2.81. The Morgan fingerprint density at radius 1 is 1.53 bits per heavy atom. The second-order valence-electron chi connectivity index (χ2n) is 4.23. The maximum atomic E-state index is 5.64. The Morgan fingerprint density at radius 2 is 2.33 bits per heavy atom. The van der Waals surface area contributed by atoms with Crippen LogP contribution in [-0.4, -0.2) is 11.6 Å². The minimum absolute atomic E-state index is 0.722. The van der Waals surface area contributed by atoms with Gasteiger partial charge in [0.25, 0.3) is 0 Å². The zero-order chi connectivity index (χ0) is 10.7. The van der Waals surface area contributed by atoms with E-state index in [0.29, 0.717) is 0 Å². The summed E-state index contributed by atoms with van der Waals surface area (Å²) >= 11 is 3.46. The molecule has 1 aromatic rings. The van der Waals surface area contributed by atoms with Crippen LogP contribution in [0, 0.1) is 12.8 Å². The highest BCUT2D eigenvalue weighted by Crippen LogP contribution is 2.30. The van der Waals surface area contributed by atoms with Crippen LogP contribution in [0.5, 0.6) is 5.88 Å². The first-order valence-corrected chi connectivity index (χ1v) is 6.30. The molecular weight excluding hydrogens is 254 g/mol. The minimum Gasteiger partial charge on any atom is -0.477 e. The zero-order valence-corrected chi connectivity index (χ0v) is 10.6. The van der Waals surface area contributed by atoms with E-state index < -0.39 is 0 Å². The number of pyridine rings is 1. The van der Waals surface area contributed by atoms with Gasteiger partial charge in [-0.3, -0.25) is 0 Å². The van der Waals surface area contributed by atoms with Crippen molar-refractivity contribution in [2.45, 2.75) is 32.6 Å². The van der Waals surface area contributed by atoms with Gasteiger partial charge in [-0.1, -0.05) is 19.3 Å². The lowest BCUT2D eigenvalue weighted by molar-refractivity contribution is 0.216. The van der Waals surface area contributed by atoms with Gasteiger partial charge in [0.15, 0.2) is 0 Å². The molecule has 0 bridgehead atoms. The Bertz CT molecular complexity index is 336. The number of nitrogens with zero attached hydrogens (tertiary/aromatic N) is 1. The number of aromatic nitrogens is 1. The zero-order valence-electron chi connectivity index (χ0n) is 9.00. The molecule has 1 fully saturated rings. The normalized spacial score (nSPS) is 16.1. The molecule has 82 valence electrons. The monoisotopic (exact) mass is 269 g/mol. The molecule has 1 aliphatic carbocycles. The number of halogens is 1. The number of hydrogen-bond donors (Lipinski definition) is 0. The summed E-state index contributed by atoms with van der Waals surface area (Å²) in [4.78, 5) is 4.25. The minimum atomic E-state index is 0.722. The molecule has 0 unspecified atom stereocenters. The fourth-order valence-corrected chi connectivity index (χ4v) is 2.31. The van der Waals surface area contributed by atoms with Gasteiger partial charge in [0.05, 0.1) is 11.1 Å². The van der Waals surface area contributed by atoms with Crippen molar-refractivity contribution in [3.63, 3.8) is 0 Å². The molecule has 1 heterocycles. The van der Waals surface area contributed by atoms with E-state index in [2.05, 4.69) is 20.9 Å². The van der Waals surface area contributed by atoms with E-state index in [0.717, 1.165) is 28.4 Å². The van der Waals surface area contributed by atoms with E-state index in [9.17, 15) is 0 Å². The van der Waals surface area contributed by atoms with Crippen LogP contribution >= 0.6 is 15.9 Å². The number of rotatable bonds is 4. The smallest absolute Gasteiger partial charge is 0.227 e. The average Bonchev–Trinajstić information content (AvgIpc) is 2.12. The van der Waals surface area contributed by atoms with Crippen LogP contribution in [0.1, 0.15) is 31.2 Å². The van der Waals surface area contributed by atoms with E-state index in [1.54, 1.807) is 0 Å². The quantitative estimate of drug-likeness (QED) is 0.831. The Kier molecular flexibility index (Phi) is 3.62. The van der Waals surface area contributed by atoms with Crippen LogP contribution in [-0.2, 0) is 0 Å². The molecule has 0 aliphatic heterocycles. The SMILES string of the molecule is Cc1cnc(OCCC2CCC2)c(Br)c1. The summed E-state index contributed by atoms with van der Waals surface area (Å²) in [5.41, 5.74) is 1.15. The number of aryl methyl sites for hydroxylation is 1. The van der Waals surface area contributed by atoms with Crippen molar-refractivity contribution in [3.8, 4) is 5.88 Å². The number of hydrogen-bond acceptors (Lipinski definition) is 2. The first kappa shape index (κ1) is 10.9. The summed E-state index contributed by atoms with van der Waals surface area (Å²) < 4.78 is 6.59. The Hall–Kier alpha value is -0.570. The fraction of sp³-hybridized carbons (Fsp3) is 0.583. The third-order valence-corrected chi connectivity index (χ3v) is 3.50. The van der Waals surface area contributed by atoms with Crippen LogP contribution in [0.4, 0.5) is 0 Å². The van der Waals surface area contributed by atoms with Crippen LogP contribution in [0.2, 0.25) is 0 Å². The van der Waals surface area contributed by atoms with Crippen molar-refractivity contribution in [1.82, 2.24) is 4.98 Å². The van der Waals surface area contributed by atoms with Crippen molar-refractivity contribution in [1.29, 1.82) is 0 Å². The highest BCUT2D eigenvalue weighted by molar-refractivity contribution is 9.10. The van der Waals surface area contributed by atoms with Gasteiger partial charge in [-0.15, -0.1) is 0 Å². The Morgan fingerprint density at radius 3 is 2.93 bits per heavy atom. The fourth-order valence-electron chi connectivity index (χ4n) is 1.73. The van der Waals surface area contributed by atoms with E-state index >= 15 is 0 Å². The molecule has 1 saturated carbocycles. The van der Waals surface area contributed by atoms with Gasteiger partial charge in [-0.05, 0) is 46.8 Å². The molecule has 0 N–H and O–H groups in total. The van der Waals surface area contributed by atoms with Gasteiger partial charge < -0.3 is 4.74 Å². The summed E-state index contributed by atoms with van der Waals surface area (Å²) in [5, 5.41) is 0. The van der Waals surface area contributed by atoms with Gasteiger partial charge in [-0.25, -0.2) is 4.98 Å². The Balaban J connectivity index is 1.81. The number of ether oxygens (including phenoxy) is 1. The summed E-state index contributed by atoms with van der Waals surface area (Å²) in [6.07, 6.45) is 7.17. The van der Waals surface area contributed by atoms with Crippen molar-refractivity contribution in [2.24, 2.45) is 5.92 Å². The molecule has 1 aromatic heterocycles. The van der Waals surface area contributed by atoms with E-state index in [-0.39, 0.29) is 0 Å². The molecule has 0 atom stereocenters. The van der Waals surface area contributed by atoms with E-state index in [1.807, 2.05) is 19.2 Å². The first-order valence-electron chi connectivity index (χ1n) is 5.50. The summed E-state index contributed by atoms with van der Waals surface area (Å²) in [7, 11) is 0. The molecule has 1 aliphatic rings. The maximum absolute atomic E-state index is 5.64. The van der Waals surface area contributed by atoms with Crippen molar-refractivity contribution in [3.05, 3.63) is 22.3 Å². The first-order chi connectivity index (χ1) is 7.25. The largest absolute Gasteiger partial charge is 0.477 e. The molecule has 0 saturated heterocycles. The molecule has 0 amide bonds. The molecule has 3 heteroatoms. The standard InChI is InChI=1S/C12H16BrNO/c1-9-7-11(13)12(14-8-9)15-6-5-10-3-2-4-10/h7-8,10H,2-6H2,1H3. The molecule has 2 nitrogen and oxygen atoms in total. The predicted octanol–water partition coefficient (Wildman–Crippen LogP) is 3.72. The lowest BCUT2D eigenvalue weighted by Gasteiger charge is -2.24. The van der Waals surface area contributed by atoms with Gasteiger partial charge >= 0.3 is 0 Å². The third kappa shape index (κ3) is 2.94. The van der Waals surface area contributed by atoms with E-state index in [1.165, 1.54) is 25.7 Å². The second kappa shape index (κ2) is 4.97. The summed E-state index contributed by atoms with van der Waals surface area (Å²) in [6, 6.07) is 2.03. The van der Waals surface area contributed by atoms with Gasteiger partial charge in [0.2, 0.25) is 5.88 Å². The molecule has 0 spiro atoms. The summed E-state index contributed by atoms with van der Waals surface area (Å²) in [5.74, 6) is 1.62. The van der Waals surface area contributed by atoms with Crippen LogP contribution in [0.15, 0.2) is 16.7 Å². The lowest BCUT2D eigenvalue weighted by atomic mass is 9.83. The molecule has 2 rings (SSSR count). The highest BCUT2D eigenvalue weighted by Gasteiger charge is 2.17.